The van der Waals surface area contributed by atoms with Crippen molar-refractivity contribution in [2.45, 2.75) is 85.5 Å². The van der Waals surface area contributed by atoms with E-state index in [1.54, 1.807) is 13.8 Å². The number of hydrogen-bond donors (Lipinski definition) is 4. The van der Waals surface area contributed by atoms with Crippen molar-refractivity contribution >= 4 is 46.4 Å². The standard InChI is InChI=1S/C29H40N4O4/c1-5-26(34)30-22-14-12-16-24(20(22)3)32-28(36)18-10-8-7-9-11-19-29(37)33-25-17-13-15-23(21(25)4)31-27(35)6-2/h12-17H,5-11,18-19H2,1-4H3,(H,30,34)(H,31,35)(H,32,36)(H,33,37). The molecule has 0 unspecified atom stereocenters. The fourth-order valence-electron chi connectivity index (χ4n) is 3.82. The first-order valence-electron chi connectivity index (χ1n) is 13.1. The highest BCUT2D eigenvalue weighted by atomic mass is 16.2. The molecule has 0 atom stereocenters. The van der Waals surface area contributed by atoms with E-state index in [1.165, 1.54) is 0 Å². The molecule has 0 fully saturated rings. The molecule has 0 aliphatic rings. The topological polar surface area (TPSA) is 116 Å². The molecular weight excluding hydrogens is 468 g/mol. The molecule has 0 saturated carbocycles. The van der Waals surface area contributed by atoms with E-state index in [1.807, 2.05) is 50.2 Å². The van der Waals surface area contributed by atoms with Crippen LogP contribution in [0, 0.1) is 13.8 Å². The van der Waals surface area contributed by atoms with Crippen molar-refractivity contribution in [2.24, 2.45) is 0 Å². The number of carbonyl (C=O) groups excluding carboxylic acids is 4. The Morgan fingerprint density at radius 1 is 0.514 bits per heavy atom. The summed E-state index contributed by atoms with van der Waals surface area (Å²) in [6, 6.07) is 10.9. The second-order valence-electron chi connectivity index (χ2n) is 9.12. The maximum absolute atomic E-state index is 12.4. The highest BCUT2D eigenvalue weighted by Crippen LogP contribution is 2.25. The second kappa shape index (κ2) is 15.4. The van der Waals surface area contributed by atoms with E-state index < -0.39 is 0 Å². The minimum atomic E-state index is -0.0641. The van der Waals surface area contributed by atoms with Crippen molar-refractivity contribution in [3.63, 3.8) is 0 Å². The third-order valence-corrected chi connectivity index (χ3v) is 6.21. The highest BCUT2D eigenvalue weighted by Gasteiger charge is 2.11. The summed E-state index contributed by atoms with van der Waals surface area (Å²) in [5.41, 5.74) is 4.50. The van der Waals surface area contributed by atoms with E-state index in [0.29, 0.717) is 48.4 Å². The Morgan fingerprint density at radius 2 is 0.811 bits per heavy atom. The molecule has 0 spiro atoms. The number of amides is 4. The van der Waals surface area contributed by atoms with Crippen molar-refractivity contribution in [3.05, 3.63) is 47.5 Å². The Bertz CT molecular complexity index is 1010. The summed E-state index contributed by atoms with van der Waals surface area (Å²) in [4.78, 5) is 48.1. The maximum Gasteiger partial charge on any atom is 0.224 e. The molecule has 2 aromatic carbocycles. The molecule has 0 radical (unpaired) electrons. The molecule has 0 bridgehead atoms. The van der Waals surface area contributed by atoms with Crippen LogP contribution >= 0.6 is 0 Å². The molecule has 0 aliphatic heterocycles. The molecule has 0 saturated heterocycles. The fraction of sp³-hybridized carbons (Fsp3) is 0.448. The van der Waals surface area contributed by atoms with E-state index in [-0.39, 0.29) is 23.6 Å². The first kappa shape index (κ1) is 29.5. The van der Waals surface area contributed by atoms with Crippen molar-refractivity contribution < 1.29 is 19.2 Å². The van der Waals surface area contributed by atoms with E-state index in [9.17, 15) is 19.2 Å². The van der Waals surface area contributed by atoms with Crippen LogP contribution in [0.25, 0.3) is 0 Å². The zero-order valence-electron chi connectivity index (χ0n) is 22.5. The number of rotatable bonds is 14. The van der Waals surface area contributed by atoms with Gasteiger partial charge in [-0.1, -0.05) is 45.2 Å². The van der Waals surface area contributed by atoms with Crippen LogP contribution in [0.4, 0.5) is 22.7 Å². The predicted molar refractivity (Wildman–Crippen MR) is 150 cm³/mol. The maximum atomic E-state index is 12.4. The van der Waals surface area contributed by atoms with Crippen LogP contribution in [-0.4, -0.2) is 23.6 Å². The molecule has 0 aliphatic carbocycles. The van der Waals surface area contributed by atoms with Crippen molar-refractivity contribution in [1.29, 1.82) is 0 Å². The minimum absolute atomic E-state index is 0.0471. The molecule has 2 aromatic rings. The van der Waals surface area contributed by atoms with Gasteiger partial charge in [0.05, 0.1) is 0 Å². The first-order chi connectivity index (χ1) is 17.7. The lowest BCUT2D eigenvalue weighted by Gasteiger charge is -2.13. The Balaban J connectivity index is 1.65. The van der Waals surface area contributed by atoms with Gasteiger partial charge in [0.15, 0.2) is 0 Å². The van der Waals surface area contributed by atoms with Crippen molar-refractivity contribution in [2.75, 3.05) is 21.3 Å². The normalized spacial score (nSPS) is 10.5. The van der Waals surface area contributed by atoms with Gasteiger partial charge in [-0.05, 0) is 62.1 Å². The van der Waals surface area contributed by atoms with Crippen LogP contribution in [0.15, 0.2) is 36.4 Å². The summed E-state index contributed by atoms with van der Waals surface area (Å²) < 4.78 is 0. The molecule has 4 N–H and O–H groups in total. The zero-order valence-corrected chi connectivity index (χ0v) is 22.5. The number of nitrogens with one attached hydrogen (secondary N) is 4. The molecule has 200 valence electrons. The molecule has 0 aromatic heterocycles. The van der Waals surface area contributed by atoms with E-state index >= 15 is 0 Å². The van der Waals surface area contributed by atoms with E-state index in [2.05, 4.69) is 21.3 Å². The van der Waals surface area contributed by atoms with Gasteiger partial charge in [0.25, 0.3) is 0 Å². The second-order valence-corrected chi connectivity index (χ2v) is 9.12. The molecule has 8 nitrogen and oxygen atoms in total. The Labute approximate surface area is 220 Å². The lowest BCUT2D eigenvalue weighted by molar-refractivity contribution is -0.117. The smallest absolute Gasteiger partial charge is 0.224 e. The molecule has 2 rings (SSSR count). The van der Waals surface area contributed by atoms with Gasteiger partial charge in [-0.3, -0.25) is 19.2 Å². The van der Waals surface area contributed by atoms with Gasteiger partial charge < -0.3 is 21.3 Å². The number of hydrogen-bond acceptors (Lipinski definition) is 4. The quantitative estimate of drug-likeness (QED) is 0.224. The summed E-state index contributed by atoms with van der Waals surface area (Å²) in [5.74, 6) is -0.222. The summed E-state index contributed by atoms with van der Waals surface area (Å²) in [6.07, 6.45) is 5.99. The summed E-state index contributed by atoms with van der Waals surface area (Å²) in [6.45, 7) is 7.34. The highest BCUT2D eigenvalue weighted by molar-refractivity contribution is 5.96. The van der Waals surface area contributed by atoms with Crippen LogP contribution in [0.5, 0.6) is 0 Å². The van der Waals surface area contributed by atoms with Gasteiger partial charge in [-0.25, -0.2) is 0 Å². The number of anilines is 4. The number of carbonyl (C=O) groups is 4. The average molecular weight is 509 g/mol. The van der Waals surface area contributed by atoms with E-state index in [0.717, 1.165) is 43.2 Å². The largest absolute Gasteiger partial charge is 0.326 e. The van der Waals surface area contributed by atoms with Gasteiger partial charge in [-0.15, -0.1) is 0 Å². The number of benzene rings is 2. The predicted octanol–water partition coefficient (Wildman–Crippen LogP) is 6.31. The van der Waals surface area contributed by atoms with Crippen LogP contribution in [0.3, 0.4) is 0 Å². The molecule has 37 heavy (non-hydrogen) atoms. The van der Waals surface area contributed by atoms with Gasteiger partial charge in [0.2, 0.25) is 23.6 Å². The van der Waals surface area contributed by atoms with E-state index in [4.69, 9.17) is 0 Å². The average Bonchev–Trinajstić information content (AvgIpc) is 2.88. The van der Waals surface area contributed by atoms with Crippen molar-refractivity contribution in [1.82, 2.24) is 0 Å². The molecule has 0 heterocycles. The lowest BCUT2D eigenvalue weighted by atomic mass is 10.1. The van der Waals surface area contributed by atoms with Crippen LogP contribution < -0.4 is 21.3 Å². The van der Waals surface area contributed by atoms with Gasteiger partial charge >= 0.3 is 0 Å². The Morgan fingerprint density at radius 3 is 1.14 bits per heavy atom. The monoisotopic (exact) mass is 508 g/mol. The Kier molecular flexibility index (Phi) is 12.3. The molecule has 4 amide bonds. The third-order valence-electron chi connectivity index (χ3n) is 6.21. The summed E-state index contributed by atoms with van der Waals surface area (Å²) in [7, 11) is 0. The van der Waals surface area contributed by atoms with Gasteiger partial charge in [-0.2, -0.15) is 0 Å². The fourth-order valence-corrected chi connectivity index (χ4v) is 3.82. The first-order valence-corrected chi connectivity index (χ1v) is 13.1. The SMILES string of the molecule is CCC(=O)Nc1cccc(NC(=O)CCCCCCCC(=O)Nc2cccc(NC(=O)CC)c2C)c1C. The molecule has 8 heteroatoms. The van der Waals surface area contributed by atoms with Gasteiger partial charge in [0, 0.05) is 48.4 Å². The summed E-state index contributed by atoms with van der Waals surface area (Å²) in [5, 5.41) is 11.6. The molecular formula is C29H40N4O4. The third kappa shape index (κ3) is 10.1. The summed E-state index contributed by atoms with van der Waals surface area (Å²) >= 11 is 0. The van der Waals surface area contributed by atoms with Crippen LogP contribution in [0.2, 0.25) is 0 Å². The van der Waals surface area contributed by atoms with Gasteiger partial charge in [0.1, 0.15) is 0 Å². The van der Waals surface area contributed by atoms with Crippen LogP contribution in [-0.2, 0) is 19.2 Å². The zero-order chi connectivity index (χ0) is 27.2. The number of unbranched alkanes of at least 4 members (excludes halogenated alkanes) is 4. The lowest BCUT2D eigenvalue weighted by Crippen LogP contribution is -2.15. The minimum Gasteiger partial charge on any atom is -0.326 e. The van der Waals surface area contributed by atoms with Crippen molar-refractivity contribution in [3.8, 4) is 0 Å². The van der Waals surface area contributed by atoms with Crippen LogP contribution in [0.1, 0.15) is 82.8 Å². The Hall–Kier alpha value is -3.68.